The van der Waals surface area contributed by atoms with Crippen LogP contribution in [-0.4, -0.2) is 10.9 Å². The van der Waals surface area contributed by atoms with Gasteiger partial charge in [-0.05, 0) is 42.0 Å². The molecule has 1 aromatic heterocycles. The van der Waals surface area contributed by atoms with Gasteiger partial charge in [0.05, 0.1) is 0 Å². The Balaban J connectivity index is 1.72. The number of amides is 1. The summed E-state index contributed by atoms with van der Waals surface area (Å²) in [6.07, 6.45) is 3.04. The number of hydrogen-bond acceptors (Lipinski definition) is 3. The Morgan fingerprint density at radius 1 is 1.14 bits per heavy atom. The predicted molar refractivity (Wildman–Crippen MR) is 88.1 cm³/mol. The number of fused-ring (bicyclic) bond motifs is 1. The summed E-state index contributed by atoms with van der Waals surface area (Å²) in [4.78, 5) is 16.0. The van der Waals surface area contributed by atoms with Crippen LogP contribution >= 0.6 is 23.2 Å². The van der Waals surface area contributed by atoms with Crippen molar-refractivity contribution in [3.63, 3.8) is 0 Å². The SMILES string of the molecule is O=C(C=Cc1cccc(Cl)c1)Nc1nc2cc(Cl)ccc2o1. The van der Waals surface area contributed by atoms with E-state index >= 15 is 0 Å². The normalized spacial score (nSPS) is 11.2. The Hall–Kier alpha value is -2.30. The third-order valence-corrected chi connectivity index (χ3v) is 3.33. The summed E-state index contributed by atoms with van der Waals surface area (Å²) >= 11 is 11.8. The van der Waals surface area contributed by atoms with Gasteiger partial charge in [-0.1, -0.05) is 35.3 Å². The zero-order valence-electron chi connectivity index (χ0n) is 11.2. The molecule has 1 heterocycles. The quantitative estimate of drug-likeness (QED) is 0.701. The van der Waals surface area contributed by atoms with Crippen molar-refractivity contribution in [1.82, 2.24) is 4.98 Å². The molecule has 0 aliphatic carbocycles. The summed E-state index contributed by atoms with van der Waals surface area (Å²) in [5.74, 6) is -0.349. The number of aromatic nitrogens is 1. The van der Waals surface area contributed by atoms with E-state index in [2.05, 4.69) is 10.3 Å². The van der Waals surface area contributed by atoms with Gasteiger partial charge in [0.25, 0.3) is 5.91 Å². The molecular weight excluding hydrogens is 323 g/mol. The Labute approximate surface area is 136 Å². The maximum absolute atomic E-state index is 11.9. The first kappa shape index (κ1) is 14.6. The van der Waals surface area contributed by atoms with Crippen molar-refractivity contribution in [2.45, 2.75) is 0 Å². The van der Waals surface area contributed by atoms with E-state index in [1.807, 2.05) is 12.1 Å². The molecule has 0 fully saturated rings. The van der Waals surface area contributed by atoms with Gasteiger partial charge in [0.15, 0.2) is 5.58 Å². The largest absolute Gasteiger partial charge is 0.423 e. The van der Waals surface area contributed by atoms with Gasteiger partial charge in [-0.2, -0.15) is 4.98 Å². The average molecular weight is 333 g/mol. The van der Waals surface area contributed by atoms with E-state index < -0.39 is 0 Å². The molecule has 0 bridgehead atoms. The molecule has 0 unspecified atom stereocenters. The van der Waals surface area contributed by atoms with E-state index in [1.165, 1.54) is 6.08 Å². The summed E-state index contributed by atoms with van der Waals surface area (Å²) in [5, 5.41) is 3.72. The molecule has 2 aromatic carbocycles. The number of halogens is 2. The highest BCUT2D eigenvalue weighted by Crippen LogP contribution is 2.22. The van der Waals surface area contributed by atoms with E-state index in [1.54, 1.807) is 36.4 Å². The molecule has 0 spiro atoms. The number of nitrogens with one attached hydrogen (secondary N) is 1. The van der Waals surface area contributed by atoms with Gasteiger partial charge in [-0.15, -0.1) is 0 Å². The molecule has 0 atom stereocenters. The zero-order chi connectivity index (χ0) is 15.5. The van der Waals surface area contributed by atoms with Crippen LogP contribution in [-0.2, 0) is 4.79 Å². The summed E-state index contributed by atoms with van der Waals surface area (Å²) in [5.41, 5.74) is 1.96. The topological polar surface area (TPSA) is 55.1 Å². The molecule has 0 saturated carbocycles. The lowest BCUT2D eigenvalue weighted by Crippen LogP contribution is -2.07. The Morgan fingerprint density at radius 3 is 2.77 bits per heavy atom. The van der Waals surface area contributed by atoms with Crippen LogP contribution in [0.3, 0.4) is 0 Å². The van der Waals surface area contributed by atoms with Gasteiger partial charge >= 0.3 is 6.01 Å². The number of rotatable bonds is 3. The second kappa shape index (κ2) is 6.22. The Bertz CT molecular complexity index is 871. The highest BCUT2D eigenvalue weighted by atomic mass is 35.5. The van der Waals surface area contributed by atoms with E-state index in [0.29, 0.717) is 21.1 Å². The summed E-state index contributed by atoms with van der Waals surface area (Å²) in [6, 6.07) is 12.4. The molecule has 110 valence electrons. The Morgan fingerprint density at radius 2 is 1.95 bits per heavy atom. The summed E-state index contributed by atoms with van der Waals surface area (Å²) < 4.78 is 5.41. The molecule has 0 saturated heterocycles. The van der Waals surface area contributed by atoms with Gasteiger partial charge < -0.3 is 4.42 Å². The standard InChI is InChI=1S/C16H10Cl2N2O2/c17-11-3-1-2-10(8-11)4-7-15(21)20-16-19-13-9-12(18)5-6-14(13)22-16/h1-9H,(H,19,20,21). The highest BCUT2D eigenvalue weighted by Gasteiger charge is 2.07. The second-order valence-electron chi connectivity index (χ2n) is 4.51. The maximum Gasteiger partial charge on any atom is 0.302 e. The van der Waals surface area contributed by atoms with Gasteiger partial charge in [0.2, 0.25) is 0 Å². The molecular formula is C16H10Cl2N2O2. The van der Waals surface area contributed by atoms with Gasteiger partial charge in [-0.3, -0.25) is 10.1 Å². The third-order valence-electron chi connectivity index (χ3n) is 2.86. The van der Waals surface area contributed by atoms with E-state index in [-0.39, 0.29) is 11.9 Å². The minimum atomic E-state index is -0.349. The van der Waals surface area contributed by atoms with Crippen molar-refractivity contribution in [2.24, 2.45) is 0 Å². The minimum absolute atomic E-state index is 0.123. The predicted octanol–water partition coefficient (Wildman–Crippen LogP) is 4.79. The number of oxazole rings is 1. The van der Waals surface area contributed by atoms with Gasteiger partial charge in [0, 0.05) is 16.1 Å². The van der Waals surface area contributed by atoms with Crippen LogP contribution in [0.5, 0.6) is 0 Å². The highest BCUT2D eigenvalue weighted by molar-refractivity contribution is 6.31. The molecule has 6 heteroatoms. The van der Waals surface area contributed by atoms with Crippen LogP contribution < -0.4 is 5.32 Å². The maximum atomic E-state index is 11.9. The van der Waals surface area contributed by atoms with Crippen LogP contribution in [0.25, 0.3) is 17.2 Å². The first-order chi connectivity index (χ1) is 10.6. The molecule has 1 N–H and O–H groups in total. The fourth-order valence-corrected chi connectivity index (χ4v) is 2.25. The average Bonchev–Trinajstić information content (AvgIpc) is 2.86. The minimum Gasteiger partial charge on any atom is -0.423 e. The van der Waals surface area contributed by atoms with E-state index in [4.69, 9.17) is 27.6 Å². The molecule has 3 aromatic rings. The fourth-order valence-electron chi connectivity index (χ4n) is 1.88. The van der Waals surface area contributed by atoms with Crippen molar-refractivity contribution in [1.29, 1.82) is 0 Å². The third kappa shape index (κ3) is 3.47. The van der Waals surface area contributed by atoms with Crippen LogP contribution in [0.2, 0.25) is 10.0 Å². The number of benzene rings is 2. The molecule has 22 heavy (non-hydrogen) atoms. The molecule has 0 aliphatic heterocycles. The first-order valence-electron chi connectivity index (χ1n) is 6.41. The van der Waals surface area contributed by atoms with Crippen LogP contribution in [0.1, 0.15) is 5.56 Å². The van der Waals surface area contributed by atoms with E-state index in [9.17, 15) is 4.79 Å². The molecule has 0 aliphatic rings. The summed E-state index contributed by atoms with van der Waals surface area (Å²) in [6.45, 7) is 0. The van der Waals surface area contributed by atoms with Crippen LogP contribution in [0, 0.1) is 0 Å². The number of nitrogens with zero attached hydrogens (tertiary/aromatic N) is 1. The van der Waals surface area contributed by atoms with Crippen molar-refractivity contribution in [3.05, 3.63) is 64.1 Å². The van der Waals surface area contributed by atoms with Crippen molar-refractivity contribution in [2.75, 3.05) is 5.32 Å². The monoisotopic (exact) mass is 332 g/mol. The molecule has 3 rings (SSSR count). The van der Waals surface area contributed by atoms with Crippen molar-refractivity contribution in [3.8, 4) is 0 Å². The number of hydrogen-bond donors (Lipinski definition) is 1. The smallest absolute Gasteiger partial charge is 0.302 e. The zero-order valence-corrected chi connectivity index (χ0v) is 12.7. The Kier molecular flexibility index (Phi) is 4.13. The molecule has 4 nitrogen and oxygen atoms in total. The number of anilines is 1. The number of carbonyl (C=O) groups is 1. The molecule has 0 radical (unpaired) electrons. The van der Waals surface area contributed by atoms with Crippen molar-refractivity contribution >= 4 is 52.3 Å². The molecule has 1 amide bonds. The number of carbonyl (C=O) groups excluding carboxylic acids is 1. The van der Waals surface area contributed by atoms with Crippen LogP contribution in [0.4, 0.5) is 6.01 Å². The van der Waals surface area contributed by atoms with E-state index in [0.717, 1.165) is 5.56 Å². The lowest BCUT2D eigenvalue weighted by molar-refractivity contribution is -0.112. The lowest BCUT2D eigenvalue weighted by Gasteiger charge is -1.96. The second-order valence-corrected chi connectivity index (χ2v) is 5.38. The van der Waals surface area contributed by atoms with Gasteiger partial charge in [0.1, 0.15) is 5.52 Å². The van der Waals surface area contributed by atoms with Crippen molar-refractivity contribution < 1.29 is 9.21 Å². The lowest BCUT2D eigenvalue weighted by atomic mass is 10.2. The first-order valence-corrected chi connectivity index (χ1v) is 7.16. The van der Waals surface area contributed by atoms with Crippen LogP contribution in [0.15, 0.2) is 53.0 Å². The van der Waals surface area contributed by atoms with Gasteiger partial charge in [-0.25, -0.2) is 0 Å². The fraction of sp³-hybridized carbons (Fsp3) is 0. The summed E-state index contributed by atoms with van der Waals surface area (Å²) in [7, 11) is 0.